The summed E-state index contributed by atoms with van der Waals surface area (Å²) in [5, 5.41) is 2.59. The lowest BCUT2D eigenvalue weighted by molar-refractivity contribution is -0.146. The van der Waals surface area contributed by atoms with Crippen LogP contribution in [0, 0.1) is 0 Å². The Bertz CT molecular complexity index is 1190. The van der Waals surface area contributed by atoms with Gasteiger partial charge in [0.25, 0.3) is 0 Å². The Hall–Kier alpha value is -3.86. The van der Waals surface area contributed by atoms with E-state index in [9.17, 15) is 9.59 Å². The Morgan fingerprint density at radius 1 is 1.12 bits per heavy atom. The summed E-state index contributed by atoms with van der Waals surface area (Å²) in [4.78, 5) is 44.3. The number of esters is 1. The van der Waals surface area contributed by atoms with Gasteiger partial charge in [0, 0.05) is 24.3 Å². The fourth-order valence-corrected chi connectivity index (χ4v) is 3.45. The van der Waals surface area contributed by atoms with E-state index in [1.807, 2.05) is 17.0 Å². The van der Waals surface area contributed by atoms with Gasteiger partial charge in [0.2, 0.25) is 11.9 Å². The van der Waals surface area contributed by atoms with E-state index in [1.165, 1.54) is 0 Å². The second-order valence-electron chi connectivity index (χ2n) is 7.93. The van der Waals surface area contributed by atoms with Crippen LogP contribution in [-0.2, 0) is 19.1 Å². The number of anilines is 3. The molecular formula is C22H23N7O4. The van der Waals surface area contributed by atoms with Gasteiger partial charge in [0.1, 0.15) is 12.5 Å². The van der Waals surface area contributed by atoms with Crippen LogP contribution in [0.5, 0.6) is 0 Å². The van der Waals surface area contributed by atoms with Crippen molar-refractivity contribution in [3.8, 4) is 11.3 Å². The zero-order valence-electron chi connectivity index (χ0n) is 17.9. The van der Waals surface area contributed by atoms with E-state index < -0.39 is 18.3 Å². The van der Waals surface area contributed by atoms with Crippen LogP contribution < -0.4 is 16.0 Å². The molecule has 1 amide bonds. The van der Waals surface area contributed by atoms with E-state index in [0.717, 1.165) is 18.4 Å². The first-order valence-corrected chi connectivity index (χ1v) is 10.8. The van der Waals surface area contributed by atoms with Gasteiger partial charge in [-0.05, 0) is 25.0 Å². The van der Waals surface area contributed by atoms with Crippen LogP contribution in [0.4, 0.5) is 17.5 Å². The first-order chi connectivity index (χ1) is 16.0. The summed E-state index contributed by atoms with van der Waals surface area (Å²) in [6.07, 6.45) is 2.86. The van der Waals surface area contributed by atoms with Crippen LogP contribution >= 0.6 is 0 Å². The highest BCUT2D eigenvalue weighted by Crippen LogP contribution is 2.27. The zero-order chi connectivity index (χ0) is 22.8. The maximum Gasteiger partial charge on any atom is 0.315 e. The third-order valence-corrected chi connectivity index (χ3v) is 5.28. The molecule has 1 aliphatic heterocycles. The average Bonchev–Trinajstić information content (AvgIpc) is 3.63. The molecule has 0 unspecified atom stereocenters. The maximum atomic E-state index is 12.3. The minimum atomic E-state index is -0.558. The fraction of sp³-hybridized carbons (Fsp3) is 0.364. The predicted octanol–water partition coefficient (Wildman–Crippen LogP) is 1.54. The van der Waals surface area contributed by atoms with Crippen LogP contribution in [0.3, 0.4) is 0 Å². The minimum Gasteiger partial charge on any atom is -0.462 e. The molecule has 2 aromatic heterocycles. The molecule has 1 saturated carbocycles. The lowest BCUT2D eigenvalue weighted by atomic mass is 10.1. The van der Waals surface area contributed by atoms with Gasteiger partial charge in [-0.25, -0.2) is 9.97 Å². The highest BCUT2D eigenvalue weighted by atomic mass is 16.5. The lowest BCUT2D eigenvalue weighted by Gasteiger charge is -2.28. The normalized spacial score (nSPS) is 15.9. The number of carbonyl (C=O) groups is 2. The largest absolute Gasteiger partial charge is 0.462 e. The van der Waals surface area contributed by atoms with Crippen molar-refractivity contribution < 1.29 is 19.1 Å². The van der Waals surface area contributed by atoms with Crippen molar-refractivity contribution in [2.24, 2.45) is 0 Å². The Morgan fingerprint density at radius 2 is 1.88 bits per heavy atom. The number of nitrogens with two attached hydrogens (primary N) is 1. The Morgan fingerprint density at radius 3 is 2.61 bits per heavy atom. The molecular weight excluding hydrogens is 426 g/mol. The van der Waals surface area contributed by atoms with Crippen molar-refractivity contribution in [2.75, 3.05) is 42.3 Å². The van der Waals surface area contributed by atoms with E-state index in [2.05, 4.69) is 20.3 Å². The Kier molecular flexibility index (Phi) is 5.69. The van der Waals surface area contributed by atoms with Gasteiger partial charge in [0.05, 0.1) is 25.1 Å². The topological polar surface area (TPSA) is 145 Å². The van der Waals surface area contributed by atoms with Crippen molar-refractivity contribution in [2.45, 2.75) is 25.4 Å². The number of aromatic nitrogens is 4. The van der Waals surface area contributed by atoms with Gasteiger partial charge in [-0.3, -0.25) is 14.9 Å². The zero-order valence-corrected chi connectivity index (χ0v) is 17.9. The molecule has 0 spiro atoms. The summed E-state index contributed by atoms with van der Waals surface area (Å²) in [6.45, 7) is 2.32. The van der Waals surface area contributed by atoms with Crippen molar-refractivity contribution in [3.05, 3.63) is 30.5 Å². The Labute approximate surface area is 189 Å². The summed E-state index contributed by atoms with van der Waals surface area (Å²) in [7, 11) is 0. The van der Waals surface area contributed by atoms with Gasteiger partial charge >= 0.3 is 5.97 Å². The number of morpholine rings is 1. The summed E-state index contributed by atoms with van der Waals surface area (Å²) < 4.78 is 10.6. The summed E-state index contributed by atoms with van der Waals surface area (Å²) in [6, 6.07) is 7.34. The van der Waals surface area contributed by atoms with Gasteiger partial charge in [0.15, 0.2) is 17.0 Å². The molecule has 33 heavy (non-hydrogen) atoms. The first kappa shape index (κ1) is 21.0. The molecule has 1 saturated heterocycles. The highest BCUT2D eigenvalue weighted by Gasteiger charge is 2.27. The number of rotatable bonds is 6. The number of benzene rings is 1. The standard InChI is InChI=1S/C22H23N7O4/c23-14-3-1-13(2-4-14)16-12-24-20-19(25-16)21(29-7-9-32-10-8-29)28-22(27-20)26-17(30)11-18(31)33-15-5-6-15/h1-4,12,15H,5-11,23H2,(H,24,26,27,28,30). The molecule has 3 heterocycles. The number of nitrogen functional groups attached to an aromatic ring is 1. The van der Waals surface area contributed by atoms with Gasteiger partial charge in [-0.15, -0.1) is 0 Å². The second-order valence-corrected chi connectivity index (χ2v) is 7.93. The van der Waals surface area contributed by atoms with Gasteiger partial charge < -0.3 is 20.1 Å². The number of hydrogen-bond acceptors (Lipinski definition) is 10. The molecule has 0 atom stereocenters. The monoisotopic (exact) mass is 449 g/mol. The number of fused-ring (bicyclic) bond motifs is 1. The molecule has 5 rings (SSSR count). The molecule has 0 radical (unpaired) electrons. The smallest absolute Gasteiger partial charge is 0.315 e. The van der Waals surface area contributed by atoms with Crippen LogP contribution in [0.25, 0.3) is 22.4 Å². The number of nitrogens with one attached hydrogen (secondary N) is 1. The van der Waals surface area contributed by atoms with E-state index in [0.29, 0.717) is 54.7 Å². The number of hydrogen-bond donors (Lipinski definition) is 2. The maximum absolute atomic E-state index is 12.3. The molecule has 1 aliphatic carbocycles. The van der Waals surface area contributed by atoms with Crippen molar-refractivity contribution in [1.29, 1.82) is 0 Å². The van der Waals surface area contributed by atoms with E-state index >= 15 is 0 Å². The summed E-state index contributed by atoms with van der Waals surface area (Å²) in [5.41, 5.74) is 8.81. The first-order valence-electron chi connectivity index (χ1n) is 10.8. The third-order valence-electron chi connectivity index (χ3n) is 5.28. The fourth-order valence-electron chi connectivity index (χ4n) is 3.45. The molecule has 11 heteroatoms. The number of nitrogens with zero attached hydrogens (tertiary/aromatic N) is 5. The van der Waals surface area contributed by atoms with Crippen LogP contribution in [0.1, 0.15) is 19.3 Å². The molecule has 1 aromatic carbocycles. The molecule has 3 aromatic rings. The SMILES string of the molecule is Nc1ccc(-c2cnc3nc(NC(=O)CC(=O)OC4CC4)nc(N4CCOCC4)c3n2)cc1. The van der Waals surface area contributed by atoms with Crippen LogP contribution in [0.2, 0.25) is 0 Å². The van der Waals surface area contributed by atoms with Gasteiger partial charge in [-0.1, -0.05) is 12.1 Å². The molecule has 0 bridgehead atoms. The van der Waals surface area contributed by atoms with Crippen molar-refractivity contribution >= 4 is 40.5 Å². The predicted molar refractivity (Wildman–Crippen MR) is 120 cm³/mol. The van der Waals surface area contributed by atoms with Gasteiger partial charge in [-0.2, -0.15) is 9.97 Å². The summed E-state index contributed by atoms with van der Waals surface area (Å²) >= 11 is 0. The second kappa shape index (κ2) is 8.94. The third kappa shape index (κ3) is 4.98. The highest BCUT2D eigenvalue weighted by molar-refractivity contribution is 6.01. The van der Waals surface area contributed by atoms with Crippen molar-refractivity contribution in [1.82, 2.24) is 19.9 Å². The summed E-state index contributed by atoms with van der Waals surface area (Å²) in [5.74, 6) is -0.497. The number of amides is 1. The minimum absolute atomic E-state index is 0.0549. The molecule has 2 fully saturated rings. The van der Waals surface area contributed by atoms with Crippen LogP contribution in [-0.4, -0.2) is 64.2 Å². The van der Waals surface area contributed by atoms with E-state index in [4.69, 9.17) is 20.2 Å². The molecule has 2 aliphatic rings. The van der Waals surface area contributed by atoms with E-state index in [-0.39, 0.29) is 12.1 Å². The van der Waals surface area contributed by atoms with E-state index in [1.54, 1.807) is 18.3 Å². The Balaban J connectivity index is 1.46. The number of carbonyl (C=O) groups excluding carboxylic acids is 2. The van der Waals surface area contributed by atoms with Crippen LogP contribution in [0.15, 0.2) is 30.5 Å². The molecule has 11 nitrogen and oxygen atoms in total. The molecule has 170 valence electrons. The van der Waals surface area contributed by atoms with Crippen molar-refractivity contribution in [3.63, 3.8) is 0 Å². The molecule has 3 N–H and O–H groups in total. The average molecular weight is 449 g/mol. The lowest BCUT2D eigenvalue weighted by Crippen LogP contribution is -2.37. The quantitative estimate of drug-likeness (QED) is 0.323. The number of ether oxygens (including phenoxy) is 2.